The van der Waals surface area contributed by atoms with E-state index in [4.69, 9.17) is 15.2 Å². The molecule has 40 heavy (non-hydrogen) atoms. The molecule has 0 radical (unpaired) electrons. The fraction of sp³-hybridized carbons (Fsp3) is 0.161. The Hall–Kier alpha value is -5.36. The Balaban J connectivity index is 1.78. The van der Waals surface area contributed by atoms with E-state index < -0.39 is 17.9 Å². The molecule has 4 rings (SSSR count). The number of ether oxygens (including phenoxy) is 2. The largest absolute Gasteiger partial charge is 0.466 e. The van der Waals surface area contributed by atoms with Gasteiger partial charge in [-0.2, -0.15) is 5.26 Å². The molecule has 0 fully saturated rings. The van der Waals surface area contributed by atoms with Crippen LogP contribution in [-0.2, 0) is 19.1 Å². The maximum atomic E-state index is 13.2. The molecule has 1 aliphatic heterocycles. The minimum atomic E-state index is -0.964. The van der Waals surface area contributed by atoms with Crippen LogP contribution in [0, 0.1) is 11.3 Å². The summed E-state index contributed by atoms with van der Waals surface area (Å²) in [6, 6.07) is 26.5. The molecule has 0 saturated carbocycles. The fourth-order valence-corrected chi connectivity index (χ4v) is 4.65. The molecule has 1 amide bonds. The standard InChI is InChI=1S/C31H28N4O5/c1-19(20-10-6-4-7-11-20)34-29(36)22-14-16-23(17-15-22)35-27(31(38)40-3)26(30(37)39-2)25(24(18-32)28(35)33)21-12-8-5-9-13-21/h4-17,19,25H,33H2,1-3H3,(H,34,36). The number of nitrogens with zero attached hydrogens (tertiary/aromatic N) is 2. The smallest absolute Gasteiger partial charge is 0.355 e. The summed E-state index contributed by atoms with van der Waals surface area (Å²) in [6.07, 6.45) is 0. The average molecular weight is 537 g/mol. The third-order valence-electron chi connectivity index (χ3n) is 6.65. The van der Waals surface area contributed by atoms with E-state index in [0.29, 0.717) is 16.8 Å². The number of anilines is 1. The number of methoxy groups -OCH3 is 2. The third kappa shape index (κ3) is 5.28. The molecular formula is C31H28N4O5. The number of hydrogen-bond acceptors (Lipinski definition) is 8. The highest BCUT2D eigenvalue weighted by atomic mass is 16.5. The fourth-order valence-electron chi connectivity index (χ4n) is 4.65. The van der Waals surface area contributed by atoms with Crippen molar-refractivity contribution in [2.75, 3.05) is 19.1 Å². The van der Waals surface area contributed by atoms with E-state index in [0.717, 1.165) is 5.56 Å². The summed E-state index contributed by atoms with van der Waals surface area (Å²) < 4.78 is 10.1. The highest BCUT2D eigenvalue weighted by Gasteiger charge is 2.43. The summed E-state index contributed by atoms with van der Waals surface area (Å²) in [4.78, 5) is 40.5. The summed E-state index contributed by atoms with van der Waals surface area (Å²) in [5.74, 6) is -2.98. The molecule has 0 spiro atoms. The van der Waals surface area contributed by atoms with Crippen molar-refractivity contribution in [3.63, 3.8) is 0 Å². The van der Waals surface area contributed by atoms with Crippen LogP contribution in [0.3, 0.4) is 0 Å². The van der Waals surface area contributed by atoms with E-state index in [1.54, 1.807) is 54.6 Å². The van der Waals surface area contributed by atoms with E-state index in [-0.39, 0.29) is 34.6 Å². The number of benzene rings is 3. The minimum absolute atomic E-state index is 0.0535. The third-order valence-corrected chi connectivity index (χ3v) is 6.65. The molecule has 1 aliphatic rings. The molecule has 9 nitrogen and oxygen atoms in total. The van der Waals surface area contributed by atoms with Crippen LogP contribution in [0.1, 0.15) is 40.4 Å². The van der Waals surface area contributed by atoms with Gasteiger partial charge >= 0.3 is 11.9 Å². The van der Waals surface area contributed by atoms with E-state index >= 15 is 0 Å². The van der Waals surface area contributed by atoms with Crippen LogP contribution in [0.4, 0.5) is 5.69 Å². The summed E-state index contributed by atoms with van der Waals surface area (Å²) >= 11 is 0. The summed E-state index contributed by atoms with van der Waals surface area (Å²) in [5.41, 5.74) is 8.53. The van der Waals surface area contributed by atoms with Gasteiger partial charge in [-0.05, 0) is 42.3 Å². The van der Waals surface area contributed by atoms with Gasteiger partial charge in [0.2, 0.25) is 0 Å². The van der Waals surface area contributed by atoms with Crippen molar-refractivity contribution < 1.29 is 23.9 Å². The number of amides is 1. The van der Waals surface area contributed by atoms with Crippen LogP contribution < -0.4 is 16.0 Å². The van der Waals surface area contributed by atoms with Gasteiger partial charge in [-0.3, -0.25) is 9.69 Å². The Labute approximate surface area is 232 Å². The van der Waals surface area contributed by atoms with Crippen molar-refractivity contribution in [3.05, 3.63) is 124 Å². The Morgan fingerprint density at radius 3 is 2.02 bits per heavy atom. The number of carbonyl (C=O) groups is 3. The average Bonchev–Trinajstić information content (AvgIpc) is 3.00. The van der Waals surface area contributed by atoms with Crippen molar-refractivity contribution in [2.24, 2.45) is 5.73 Å². The number of esters is 2. The lowest BCUT2D eigenvalue weighted by atomic mass is 9.81. The first kappa shape index (κ1) is 27.7. The zero-order valence-electron chi connectivity index (χ0n) is 22.3. The number of nitriles is 1. The highest BCUT2D eigenvalue weighted by molar-refractivity contribution is 6.06. The molecule has 3 aromatic carbocycles. The lowest BCUT2D eigenvalue weighted by Crippen LogP contribution is -2.40. The van der Waals surface area contributed by atoms with Crippen molar-refractivity contribution in [2.45, 2.75) is 18.9 Å². The summed E-state index contributed by atoms with van der Waals surface area (Å²) in [7, 11) is 2.37. The van der Waals surface area contributed by atoms with Gasteiger partial charge in [-0.15, -0.1) is 0 Å². The summed E-state index contributed by atoms with van der Waals surface area (Å²) in [5, 5.41) is 13.1. The number of nitrogens with two attached hydrogens (primary N) is 1. The van der Waals surface area contributed by atoms with Crippen LogP contribution in [0.5, 0.6) is 0 Å². The van der Waals surface area contributed by atoms with Crippen molar-refractivity contribution >= 4 is 23.5 Å². The lowest BCUT2D eigenvalue weighted by molar-refractivity contribution is -0.139. The molecule has 0 aliphatic carbocycles. The van der Waals surface area contributed by atoms with Gasteiger partial charge in [-0.1, -0.05) is 60.7 Å². The SMILES string of the molecule is COC(=O)C1=C(C(=O)OC)N(c2ccc(C(=O)NC(C)c3ccccc3)cc2)C(N)=C(C#N)C1c1ccccc1. The van der Waals surface area contributed by atoms with Gasteiger partial charge in [0.1, 0.15) is 11.5 Å². The van der Waals surface area contributed by atoms with E-state index in [2.05, 4.69) is 11.4 Å². The predicted molar refractivity (Wildman–Crippen MR) is 148 cm³/mol. The molecule has 0 saturated heterocycles. The number of hydrogen-bond donors (Lipinski definition) is 2. The van der Waals surface area contributed by atoms with E-state index in [9.17, 15) is 19.6 Å². The Morgan fingerprint density at radius 1 is 0.900 bits per heavy atom. The molecule has 1 heterocycles. The molecule has 2 atom stereocenters. The molecule has 0 bridgehead atoms. The first-order valence-electron chi connectivity index (χ1n) is 12.4. The molecule has 3 aromatic rings. The first-order chi connectivity index (χ1) is 19.3. The second kappa shape index (κ2) is 12.0. The van der Waals surface area contributed by atoms with Crippen LogP contribution in [0.2, 0.25) is 0 Å². The van der Waals surface area contributed by atoms with E-state index in [1.807, 2.05) is 37.3 Å². The molecule has 2 unspecified atom stereocenters. The van der Waals surface area contributed by atoms with Gasteiger partial charge in [0, 0.05) is 11.3 Å². The Kier molecular flexibility index (Phi) is 8.30. The van der Waals surface area contributed by atoms with Gasteiger partial charge < -0.3 is 20.5 Å². The Bertz CT molecular complexity index is 1520. The minimum Gasteiger partial charge on any atom is -0.466 e. The monoisotopic (exact) mass is 536 g/mol. The van der Waals surface area contributed by atoms with Gasteiger partial charge in [0.15, 0.2) is 0 Å². The second-order valence-electron chi connectivity index (χ2n) is 8.99. The zero-order valence-corrected chi connectivity index (χ0v) is 22.3. The van der Waals surface area contributed by atoms with Crippen molar-refractivity contribution in [1.82, 2.24) is 5.32 Å². The molecule has 9 heteroatoms. The van der Waals surface area contributed by atoms with Crippen molar-refractivity contribution in [1.29, 1.82) is 5.26 Å². The van der Waals surface area contributed by atoms with Crippen molar-refractivity contribution in [3.8, 4) is 6.07 Å². The normalized spacial score (nSPS) is 15.7. The number of nitrogens with one attached hydrogen (secondary N) is 1. The maximum absolute atomic E-state index is 13.2. The Morgan fingerprint density at radius 2 is 1.48 bits per heavy atom. The van der Waals surface area contributed by atoms with Crippen LogP contribution in [-0.4, -0.2) is 32.1 Å². The topological polar surface area (TPSA) is 135 Å². The number of carbonyl (C=O) groups excluding carboxylic acids is 3. The molecule has 0 aromatic heterocycles. The number of rotatable bonds is 7. The van der Waals surface area contributed by atoms with Gasteiger partial charge in [0.25, 0.3) is 5.91 Å². The van der Waals surface area contributed by atoms with Gasteiger partial charge in [0.05, 0.1) is 43.4 Å². The lowest BCUT2D eigenvalue weighted by Gasteiger charge is -2.35. The summed E-state index contributed by atoms with van der Waals surface area (Å²) in [6.45, 7) is 1.88. The maximum Gasteiger partial charge on any atom is 0.355 e. The highest BCUT2D eigenvalue weighted by Crippen LogP contribution is 2.43. The molecule has 202 valence electrons. The first-order valence-corrected chi connectivity index (χ1v) is 12.4. The quantitative estimate of drug-likeness (QED) is 0.432. The van der Waals surface area contributed by atoms with E-state index in [1.165, 1.54) is 19.1 Å². The van der Waals surface area contributed by atoms with Crippen LogP contribution in [0.15, 0.2) is 108 Å². The van der Waals surface area contributed by atoms with Crippen LogP contribution >= 0.6 is 0 Å². The second-order valence-corrected chi connectivity index (χ2v) is 8.99. The molecule has 3 N–H and O–H groups in total. The molecular weight excluding hydrogens is 508 g/mol. The number of allylic oxidation sites excluding steroid dienone is 1. The zero-order chi connectivity index (χ0) is 28.8. The van der Waals surface area contributed by atoms with Crippen LogP contribution in [0.25, 0.3) is 0 Å². The predicted octanol–water partition coefficient (Wildman–Crippen LogP) is 4.08. The van der Waals surface area contributed by atoms with Gasteiger partial charge in [-0.25, -0.2) is 9.59 Å².